The summed E-state index contributed by atoms with van der Waals surface area (Å²) in [5.74, 6) is 0.147. The predicted octanol–water partition coefficient (Wildman–Crippen LogP) is 2.46. The molecule has 0 unspecified atom stereocenters. The Kier molecular flexibility index (Phi) is 5.38. The van der Waals surface area contributed by atoms with Gasteiger partial charge in [0.2, 0.25) is 5.91 Å². The molecule has 3 rings (SSSR count). The van der Waals surface area contributed by atoms with Gasteiger partial charge in [-0.25, -0.2) is 9.37 Å². The van der Waals surface area contributed by atoms with E-state index < -0.39 is 0 Å². The van der Waals surface area contributed by atoms with E-state index in [1.54, 1.807) is 23.2 Å². The Hall–Kier alpha value is -3.06. The molecule has 2 heterocycles. The molecule has 7 heteroatoms. The Balaban J connectivity index is 1.92. The quantitative estimate of drug-likeness (QED) is 0.714. The Morgan fingerprint density at radius 1 is 1.23 bits per heavy atom. The lowest BCUT2D eigenvalue weighted by atomic mass is 10.1. The lowest BCUT2D eigenvalue weighted by molar-refractivity contribution is -0.121. The zero-order chi connectivity index (χ0) is 18.5. The average molecular weight is 353 g/mol. The Bertz CT molecular complexity index is 892. The van der Waals surface area contributed by atoms with Crippen LogP contribution in [0.15, 0.2) is 48.7 Å². The van der Waals surface area contributed by atoms with Crippen LogP contribution in [0.2, 0.25) is 0 Å². The van der Waals surface area contributed by atoms with Crippen molar-refractivity contribution in [3.63, 3.8) is 0 Å². The smallest absolute Gasteiger partial charge is 0.234 e. The van der Waals surface area contributed by atoms with Crippen LogP contribution in [0.25, 0.3) is 22.6 Å². The number of pyridine rings is 1. The van der Waals surface area contributed by atoms with Gasteiger partial charge in [-0.05, 0) is 38.4 Å². The number of aromatic nitrogens is 3. The van der Waals surface area contributed by atoms with Crippen LogP contribution in [0, 0.1) is 5.82 Å². The van der Waals surface area contributed by atoms with E-state index >= 15 is 0 Å². The first-order valence-electron chi connectivity index (χ1n) is 8.20. The second-order valence-electron chi connectivity index (χ2n) is 6.15. The average Bonchev–Trinajstić information content (AvgIpc) is 3.04. The van der Waals surface area contributed by atoms with Gasteiger partial charge in [0.15, 0.2) is 0 Å². The van der Waals surface area contributed by atoms with Gasteiger partial charge in [-0.1, -0.05) is 18.2 Å². The van der Waals surface area contributed by atoms with Crippen LogP contribution in [-0.2, 0) is 11.3 Å². The van der Waals surface area contributed by atoms with E-state index in [4.69, 9.17) is 0 Å². The molecular formula is C19H20FN5O. The topological polar surface area (TPSA) is 73.9 Å². The summed E-state index contributed by atoms with van der Waals surface area (Å²) in [6.07, 6.45) is 1.68. The van der Waals surface area contributed by atoms with Crippen molar-refractivity contribution in [1.29, 1.82) is 0 Å². The number of carbonyl (C=O) groups is 1. The fourth-order valence-corrected chi connectivity index (χ4v) is 2.57. The van der Waals surface area contributed by atoms with Crippen molar-refractivity contribution in [1.82, 2.24) is 25.2 Å². The highest BCUT2D eigenvalue weighted by Gasteiger charge is 2.16. The molecule has 0 radical (unpaired) electrons. The molecule has 0 aliphatic heterocycles. The fraction of sp³-hybridized carbons (Fsp3) is 0.211. The molecule has 0 saturated heterocycles. The number of aromatic amines is 1. The number of rotatable bonds is 6. The van der Waals surface area contributed by atoms with Crippen molar-refractivity contribution in [2.24, 2.45) is 0 Å². The first-order chi connectivity index (χ1) is 12.5. The standard InChI is InChI=1S/C19H20FN5O/c1-25(2)12-17(26)22-11-16-23-18(13-6-5-7-14(20)10-13)19(24-16)15-8-3-4-9-21-15/h3-10H,11-12H2,1-2H3,(H,22,26)(H,23,24). The van der Waals surface area contributed by atoms with Crippen molar-refractivity contribution in [3.8, 4) is 22.6 Å². The van der Waals surface area contributed by atoms with Gasteiger partial charge in [-0.2, -0.15) is 0 Å². The van der Waals surface area contributed by atoms with Crippen LogP contribution in [-0.4, -0.2) is 46.4 Å². The minimum atomic E-state index is -0.335. The number of H-pyrrole nitrogens is 1. The summed E-state index contributed by atoms with van der Waals surface area (Å²) < 4.78 is 13.7. The molecule has 2 aromatic heterocycles. The third-order valence-corrected chi connectivity index (χ3v) is 3.68. The molecular weight excluding hydrogens is 333 g/mol. The van der Waals surface area contributed by atoms with Crippen molar-refractivity contribution in [2.45, 2.75) is 6.54 Å². The van der Waals surface area contributed by atoms with Gasteiger partial charge >= 0.3 is 0 Å². The van der Waals surface area contributed by atoms with E-state index in [1.165, 1.54) is 12.1 Å². The second-order valence-corrected chi connectivity index (χ2v) is 6.15. The maximum absolute atomic E-state index is 13.7. The maximum atomic E-state index is 13.7. The molecule has 1 aromatic carbocycles. The van der Waals surface area contributed by atoms with E-state index in [0.717, 1.165) is 0 Å². The number of carbonyl (C=O) groups excluding carboxylic acids is 1. The third-order valence-electron chi connectivity index (χ3n) is 3.68. The van der Waals surface area contributed by atoms with Gasteiger partial charge in [-0.15, -0.1) is 0 Å². The number of nitrogens with one attached hydrogen (secondary N) is 2. The lowest BCUT2D eigenvalue weighted by Crippen LogP contribution is -2.33. The van der Waals surface area contributed by atoms with Crippen LogP contribution in [0.4, 0.5) is 4.39 Å². The van der Waals surface area contributed by atoms with E-state index in [9.17, 15) is 9.18 Å². The SMILES string of the molecule is CN(C)CC(=O)NCc1nc(-c2cccc(F)c2)c(-c2ccccn2)[nH]1. The molecule has 134 valence electrons. The van der Waals surface area contributed by atoms with Crippen molar-refractivity contribution >= 4 is 5.91 Å². The highest BCUT2D eigenvalue weighted by atomic mass is 19.1. The van der Waals surface area contributed by atoms with E-state index in [2.05, 4.69) is 20.3 Å². The zero-order valence-corrected chi connectivity index (χ0v) is 14.7. The number of nitrogens with zero attached hydrogens (tertiary/aromatic N) is 3. The monoisotopic (exact) mass is 353 g/mol. The number of imidazole rings is 1. The highest BCUT2D eigenvalue weighted by Crippen LogP contribution is 2.29. The van der Waals surface area contributed by atoms with Crippen LogP contribution < -0.4 is 5.32 Å². The van der Waals surface area contributed by atoms with Crippen LogP contribution in [0.3, 0.4) is 0 Å². The van der Waals surface area contributed by atoms with E-state index in [0.29, 0.717) is 35.0 Å². The second kappa shape index (κ2) is 7.88. The van der Waals surface area contributed by atoms with Gasteiger partial charge in [0.1, 0.15) is 11.6 Å². The molecule has 0 bridgehead atoms. The normalized spacial score (nSPS) is 10.9. The van der Waals surface area contributed by atoms with Crippen molar-refractivity contribution in [2.75, 3.05) is 20.6 Å². The fourth-order valence-electron chi connectivity index (χ4n) is 2.57. The van der Waals surface area contributed by atoms with Crippen molar-refractivity contribution < 1.29 is 9.18 Å². The number of benzene rings is 1. The Morgan fingerprint density at radius 3 is 2.77 bits per heavy atom. The molecule has 6 nitrogen and oxygen atoms in total. The maximum Gasteiger partial charge on any atom is 0.234 e. The van der Waals surface area contributed by atoms with E-state index in [1.807, 2.05) is 32.3 Å². The third kappa shape index (κ3) is 4.31. The molecule has 0 aliphatic rings. The molecule has 0 spiro atoms. The summed E-state index contributed by atoms with van der Waals surface area (Å²) in [4.78, 5) is 25.7. The lowest BCUT2D eigenvalue weighted by Gasteiger charge is -2.08. The number of halogens is 1. The Morgan fingerprint density at radius 2 is 2.08 bits per heavy atom. The molecule has 1 amide bonds. The van der Waals surface area contributed by atoms with Gasteiger partial charge in [0.05, 0.1) is 30.2 Å². The largest absolute Gasteiger partial charge is 0.348 e. The zero-order valence-electron chi connectivity index (χ0n) is 14.7. The molecule has 26 heavy (non-hydrogen) atoms. The number of likely N-dealkylation sites (N-methyl/N-ethyl adjacent to an activating group) is 1. The first kappa shape index (κ1) is 17.8. The van der Waals surface area contributed by atoms with Crippen LogP contribution >= 0.6 is 0 Å². The molecule has 0 saturated carbocycles. The summed E-state index contributed by atoms with van der Waals surface area (Å²) in [6.45, 7) is 0.548. The molecule has 0 atom stereocenters. The number of hydrogen-bond acceptors (Lipinski definition) is 4. The molecule has 2 N–H and O–H groups in total. The molecule has 0 fully saturated rings. The molecule has 3 aromatic rings. The number of amides is 1. The minimum absolute atomic E-state index is 0.0990. The van der Waals surface area contributed by atoms with Crippen LogP contribution in [0.5, 0.6) is 0 Å². The first-order valence-corrected chi connectivity index (χ1v) is 8.20. The van der Waals surface area contributed by atoms with E-state index in [-0.39, 0.29) is 18.3 Å². The van der Waals surface area contributed by atoms with Gasteiger partial charge in [0.25, 0.3) is 0 Å². The summed E-state index contributed by atoms with van der Waals surface area (Å²) in [7, 11) is 3.65. The Labute approximate surface area is 151 Å². The minimum Gasteiger partial charge on any atom is -0.348 e. The van der Waals surface area contributed by atoms with Gasteiger partial charge in [0, 0.05) is 11.8 Å². The summed E-state index contributed by atoms with van der Waals surface area (Å²) >= 11 is 0. The van der Waals surface area contributed by atoms with Gasteiger partial charge in [-0.3, -0.25) is 9.78 Å². The summed E-state index contributed by atoms with van der Waals surface area (Å²) in [5.41, 5.74) is 2.63. The van der Waals surface area contributed by atoms with Crippen molar-refractivity contribution in [3.05, 3.63) is 60.3 Å². The molecule has 0 aliphatic carbocycles. The van der Waals surface area contributed by atoms with Gasteiger partial charge < -0.3 is 15.2 Å². The highest BCUT2D eigenvalue weighted by molar-refractivity contribution is 5.78. The summed E-state index contributed by atoms with van der Waals surface area (Å²) in [5, 5.41) is 2.82. The number of hydrogen-bond donors (Lipinski definition) is 2. The summed E-state index contributed by atoms with van der Waals surface area (Å²) in [6, 6.07) is 11.8. The van der Waals surface area contributed by atoms with Crippen LogP contribution in [0.1, 0.15) is 5.82 Å². The predicted molar refractivity (Wildman–Crippen MR) is 97.6 cm³/mol.